The van der Waals surface area contributed by atoms with Gasteiger partial charge in [0.1, 0.15) is 18.1 Å². The molecule has 0 spiro atoms. The van der Waals surface area contributed by atoms with Crippen molar-refractivity contribution in [3.8, 4) is 0 Å². The summed E-state index contributed by atoms with van der Waals surface area (Å²) < 4.78 is 0. The van der Waals surface area contributed by atoms with Crippen molar-refractivity contribution in [3.63, 3.8) is 0 Å². The van der Waals surface area contributed by atoms with Crippen LogP contribution in [0.25, 0.3) is 0 Å². The molecule has 7 N–H and O–H groups in total. The molecule has 196 valence electrons. The van der Waals surface area contributed by atoms with Crippen molar-refractivity contribution in [2.45, 2.75) is 97.8 Å². The van der Waals surface area contributed by atoms with Crippen molar-refractivity contribution in [1.82, 2.24) is 16.0 Å². The molecule has 0 saturated heterocycles. The molecule has 0 aromatic heterocycles. The molecule has 0 saturated carbocycles. The highest BCUT2D eigenvalue weighted by Crippen LogP contribution is 2.12. The van der Waals surface area contributed by atoms with Gasteiger partial charge in [-0.1, -0.05) is 48.0 Å². The van der Waals surface area contributed by atoms with Crippen LogP contribution in [0.2, 0.25) is 0 Å². The van der Waals surface area contributed by atoms with E-state index in [1.165, 1.54) is 0 Å². The first-order valence-corrected chi connectivity index (χ1v) is 11.8. The summed E-state index contributed by atoms with van der Waals surface area (Å²) in [5.41, 5.74) is 5.88. The first-order chi connectivity index (χ1) is 15.7. The van der Waals surface area contributed by atoms with Crippen molar-refractivity contribution in [2.75, 3.05) is 0 Å². The van der Waals surface area contributed by atoms with Crippen molar-refractivity contribution >= 4 is 29.7 Å². The summed E-state index contributed by atoms with van der Waals surface area (Å²) in [4.78, 5) is 61.0. The maximum absolute atomic E-state index is 13.0. The van der Waals surface area contributed by atoms with Crippen molar-refractivity contribution in [3.05, 3.63) is 0 Å². The van der Waals surface area contributed by atoms with Gasteiger partial charge in [0.15, 0.2) is 0 Å². The van der Waals surface area contributed by atoms with Gasteiger partial charge in [0.05, 0.1) is 6.04 Å². The molecule has 0 aliphatic heterocycles. The molecule has 5 atom stereocenters. The summed E-state index contributed by atoms with van der Waals surface area (Å²) in [5, 5.41) is 26.0. The Morgan fingerprint density at radius 1 is 0.765 bits per heavy atom. The monoisotopic (exact) mass is 486 g/mol. The van der Waals surface area contributed by atoms with Gasteiger partial charge in [0.25, 0.3) is 0 Å². The van der Waals surface area contributed by atoms with Crippen LogP contribution < -0.4 is 21.7 Å². The number of nitrogens with two attached hydrogens (primary N) is 1. The summed E-state index contributed by atoms with van der Waals surface area (Å²) in [5.74, 6) is -4.50. The van der Waals surface area contributed by atoms with Crippen LogP contribution in [0.4, 0.5) is 0 Å². The van der Waals surface area contributed by atoms with E-state index in [1.807, 2.05) is 34.6 Å². The molecular weight excluding hydrogens is 444 g/mol. The fourth-order valence-electron chi connectivity index (χ4n) is 3.34. The minimum absolute atomic E-state index is 0.0173. The third-order valence-electron chi connectivity index (χ3n) is 5.46. The van der Waals surface area contributed by atoms with Crippen molar-refractivity contribution in [2.24, 2.45) is 23.5 Å². The second kappa shape index (κ2) is 15.3. The van der Waals surface area contributed by atoms with E-state index >= 15 is 0 Å². The molecule has 0 bridgehead atoms. The normalized spacial score (nSPS) is 15.7. The first-order valence-electron chi connectivity index (χ1n) is 11.8. The molecule has 34 heavy (non-hydrogen) atoms. The Morgan fingerprint density at radius 2 is 1.29 bits per heavy atom. The molecule has 5 unspecified atom stereocenters. The number of hydrogen-bond acceptors (Lipinski definition) is 6. The number of nitrogens with one attached hydrogen (secondary N) is 3. The lowest BCUT2D eigenvalue weighted by atomic mass is 9.96. The van der Waals surface area contributed by atoms with E-state index in [9.17, 15) is 29.1 Å². The van der Waals surface area contributed by atoms with Crippen LogP contribution >= 0.6 is 0 Å². The molecule has 0 aromatic carbocycles. The fraction of sp³-hybridized carbons (Fsp3) is 0.783. The molecule has 0 aliphatic rings. The average Bonchev–Trinajstić information content (AvgIpc) is 2.72. The minimum atomic E-state index is -1.22. The van der Waals surface area contributed by atoms with Gasteiger partial charge in [-0.3, -0.25) is 19.2 Å². The molecule has 11 heteroatoms. The maximum Gasteiger partial charge on any atom is 0.326 e. The summed E-state index contributed by atoms with van der Waals surface area (Å²) in [6.45, 7) is 11.0. The third-order valence-corrected chi connectivity index (χ3v) is 5.46. The summed E-state index contributed by atoms with van der Waals surface area (Å²) in [6, 6.07) is -4.28. The van der Waals surface area contributed by atoms with Crippen LogP contribution in [-0.4, -0.2) is 64.0 Å². The van der Waals surface area contributed by atoms with Crippen LogP contribution in [0.3, 0.4) is 0 Å². The molecule has 0 fully saturated rings. The number of carbonyl (C=O) groups is 5. The zero-order valence-corrected chi connectivity index (χ0v) is 21.1. The van der Waals surface area contributed by atoms with Crippen LogP contribution in [-0.2, 0) is 24.0 Å². The highest BCUT2D eigenvalue weighted by molar-refractivity contribution is 5.94. The van der Waals surface area contributed by atoms with Gasteiger partial charge in [-0.05, 0) is 37.0 Å². The number of carboxylic acid groups (broad SMARTS) is 2. The minimum Gasteiger partial charge on any atom is -0.481 e. The van der Waals surface area contributed by atoms with E-state index in [4.69, 9.17) is 10.8 Å². The SMILES string of the molecule is CCC(C)C(NC(=O)C(CCC(=O)O)NC(=O)C(N)CC(C)C)C(=O)NC(CC(C)C)C(=O)O. The summed E-state index contributed by atoms with van der Waals surface area (Å²) in [6.07, 6.45) is 0.525. The Kier molecular flexibility index (Phi) is 14.1. The van der Waals surface area contributed by atoms with Gasteiger partial charge in [-0.15, -0.1) is 0 Å². The van der Waals surface area contributed by atoms with Gasteiger partial charge < -0.3 is 31.9 Å². The van der Waals surface area contributed by atoms with Crippen LogP contribution in [0.15, 0.2) is 0 Å². The highest BCUT2D eigenvalue weighted by Gasteiger charge is 2.33. The quantitative estimate of drug-likeness (QED) is 0.185. The predicted octanol–water partition coefficient (Wildman–Crippen LogP) is 0.856. The van der Waals surface area contributed by atoms with E-state index in [-0.39, 0.29) is 37.0 Å². The lowest BCUT2D eigenvalue weighted by molar-refractivity contribution is -0.143. The van der Waals surface area contributed by atoms with E-state index in [2.05, 4.69) is 16.0 Å². The number of amides is 3. The smallest absolute Gasteiger partial charge is 0.326 e. The first kappa shape index (κ1) is 31.3. The molecule has 11 nitrogen and oxygen atoms in total. The topological polar surface area (TPSA) is 188 Å². The predicted molar refractivity (Wildman–Crippen MR) is 127 cm³/mol. The Labute approximate surface area is 201 Å². The highest BCUT2D eigenvalue weighted by atomic mass is 16.4. The zero-order valence-electron chi connectivity index (χ0n) is 21.1. The molecule has 0 aliphatic carbocycles. The van der Waals surface area contributed by atoms with E-state index in [1.54, 1.807) is 6.92 Å². The Balaban J connectivity index is 5.61. The zero-order chi connectivity index (χ0) is 26.6. The van der Waals surface area contributed by atoms with Crippen LogP contribution in [0.1, 0.15) is 73.6 Å². The Morgan fingerprint density at radius 3 is 1.74 bits per heavy atom. The summed E-state index contributed by atoms with van der Waals surface area (Å²) >= 11 is 0. The lowest BCUT2D eigenvalue weighted by Gasteiger charge is -2.28. The average molecular weight is 487 g/mol. The number of carbonyl (C=O) groups excluding carboxylic acids is 3. The maximum atomic E-state index is 13.0. The van der Waals surface area contributed by atoms with Gasteiger partial charge in [-0.25, -0.2) is 4.79 Å². The lowest BCUT2D eigenvalue weighted by Crippen LogP contribution is -2.58. The Bertz CT molecular complexity index is 711. The number of carboxylic acids is 2. The van der Waals surface area contributed by atoms with Gasteiger partial charge in [0, 0.05) is 6.42 Å². The van der Waals surface area contributed by atoms with Crippen molar-refractivity contribution < 1.29 is 34.2 Å². The second-order valence-electron chi connectivity index (χ2n) is 9.63. The van der Waals surface area contributed by atoms with Gasteiger partial charge >= 0.3 is 11.9 Å². The number of aliphatic carboxylic acids is 2. The number of rotatable bonds is 16. The molecule has 0 radical (unpaired) electrons. The third kappa shape index (κ3) is 12.0. The fourth-order valence-corrected chi connectivity index (χ4v) is 3.34. The summed E-state index contributed by atoms with van der Waals surface area (Å²) in [7, 11) is 0. The van der Waals surface area contributed by atoms with E-state index < -0.39 is 53.8 Å². The van der Waals surface area contributed by atoms with Crippen molar-refractivity contribution in [1.29, 1.82) is 0 Å². The molecule has 0 rings (SSSR count). The van der Waals surface area contributed by atoms with Crippen LogP contribution in [0.5, 0.6) is 0 Å². The molecular formula is C23H42N4O7. The van der Waals surface area contributed by atoms with Gasteiger partial charge in [-0.2, -0.15) is 0 Å². The van der Waals surface area contributed by atoms with E-state index in [0.29, 0.717) is 12.8 Å². The van der Waals surface area contributed by atoms with Crippen LogP contribution in [0, 0.1) is 17.8 Å². The second-order valence-corrected chi connectivity index (χ2v) is 9.63. The molecule has 3 amide bonds. The molecule has 0 heterocycles. The van der Waals surface area contributed by atoms with Gasteiger partial charge in [0.2, 0.25) is 17.7 Å². The standard InChI is InChI=1S/C23H42N4O7/c1-7-14(6)19(22(32)26-17(23(33)34)11-13(4)5)27-21(31)16(8-9-18(28)29)25-20(30)15(24)10-12(2)3/h12-17,19H,7-11,24H2,1-6H3,(H,25,30)(H,26,32)(H,27,31)(H,28,29)(H,33,34). The number of hydrogen-bond donors (Lipinski definition) is 6. The molecule has 0 aromatic rings. The van der Waals surface area contributed by atoms with E-state index in [0.717, 1.165) is 0 Å². The Hall–Kier alpha value is -2.69. The largest absolute Gasteiger partial charge is 0.481 e.